The van der Waals surface area contributed by atoms with Crippen LogP contribution < -0.4 is 4.90 Å². The smallest absolute Gasteiger partial charge is 0.137 e. The Morgan fingerprint density at radius 2 is 2.16 bits per heavy atom. The molecule has 1 aromatic heterocycles. The first kappa shape index (κ1) is 14.7. The minimum absolute atomic E-state index is 0.0648. The fraction of sp³-hybridized carbons (Fsp3) is 0.714. The fourth-order valence-corrected chi connectivity index (χ4v) is 2.70. The molecule has 0 aliphatic carbocycles. The maximum Gasteiger partial charge on any atom is 0.137 e. The maximum absolute atomic E-state index is 9.33. The highest BCUT2D eigenvalue weighted by Gasteiger charge is 2.23. The Bertz CT molecular complexity index is 445. The standard InChI is InChI=1S/C14H22BrN3O/c1-14(2,3)13-16-11(15)7-12(17-13)18-6-4-5-10(8-18)9-19/h7,10,19H,4-6,8-9H2,1-3H3. The van der Waals surface area contributed by atoms with Crippen molar-refractivity contribution in [3.63, 3.8) is 0 Å². The van der Waals surface area contributed by atoms with Gasteiger partial charge in [0.2, 0.25) is 0 Å². The van der Waals surface area contributed by atoms with E-state index in [9.17, 15) is 5.11 Å². The second-order valence-corrected chi connectivity index (χ2v) is 7.07. The molecule has 0 aromatic carbocycles. The van der Waals surface area contributed by atoms with E-state index in [0.29, 0.717) is 5.92 Å². The van der Waals surface area contributed by atoms with E-state index in [0.717, 1.165) is 42.2 Å². The number of hydrogen-bond acceptors (Lipinski definition) is 4. The van der Waals surface area contributed by atoms with Crippen LogP contribution in [0.25, 0.3) is 0 Å². The largest absolute Gasteiger partial charge is 0.396 e. The molecule has 5 heteroatoms. The van der Waals surface area contributed by atoms with Crippen LogP contribution in [0.15, 0.2) is 10.7 Å². The summed E-state index contributed by atoms with van der Waals surface area (Å²) in [6.45, 7) is 8.49. The molecule has 0 spiro atoms. The van der Waals surface area contributed by atoms with Crippen LogP contribution in [-0.2, 0) is 5.41 Å². The third-order valence-corrected chi connectivity index (χ3v) is 3.86. The Morgan fingerprint density at radius 3 is 2.79 bits per heavy atom. The second-order valence-electron chi connectivity index (χ2n) is 6.26. The number of aromatic nitrogens is 2. The number of hydrogen-bond donors (Lipinski definition) is 1. The predicted octanol–water partition coefficient (Wildman–Crippen LogP) is 2.75. The lowest BCUT2D eigenvalue weighted by Gasteiger charge is -2.33. The lowest BCUT2D eigenvalue weighted by molar-refractivity contribution is 0.208. The summed E-state index contributed by atoms with van der Waals surface area (Å²) in [4.78, 5) is 11.4. The molecule has 0 saturated carbocycles. The lowest BCUT2D eigenvalue weighted by atomic mass is 9.95. The van der Waals surface area contributed by atoms with E-state index in [-0.39, 0.29) is 12.0 Å². The van der Waals surface area contributed by atoms with Crippen LogP contribution >= 0.6 is 15.9 Å². The van der Waals surface area contributed by atoms with Gasteiger partial charge in [-0.1, -0.05) is 20.8 Å². The number of anilines is 1. The minimum atomic E-state index is -0.0648. The van der Waals surface area contributed by atoms with E-state index in [4.69, 9.17) is 4.98 Å². The first-order valence-corrected chi connectivity index (χ1v) is 7.60. The van der Waals surface area contributed by atoms with E-state index in [1.54, 1.807) is 0 Å². The Labute approximate surface area is 123 Å². The van der Waals surface area contributed by atoms with Crippen molar-refractivity contribution in [1.82, 2.24) is 9.97 Å². The van der Waals surface area contributed by atoms with Gasteiger partial charge in [-0.25, -0.2) is 9.97 Å². The molecule has 1 unspecified atom stereocenters. The Hall–Kier alpha value is -0.680. The number of halogens is 1. The second kappa shape index (κ2) is 5.75. The fourth-order valence-electron chi connectivity index (χ4n) is 2.33. The van der Waals surface area contributed by atoms with Gasteiger partial charge in [0.15, 0.2) is 0 Å². The first-order chi connectivity index (χ1) is 8.90. The van der Waals surface area contributed by atoms with Crippen molar-refractivity contribution in [3.05, 3.63) is 16.5 Å². The highest BCUT2D eigenvalue weighted by Crippen LogP contribution is 2.27. The first-order valence-electron chi connectivity index (χ1n) is 6.81. The summed E-state index contributed by atoms with van der Waals surface area (Å²) in [5.74, 6) is 2.17. The summed E-state index contributed by atoms with van der Waals surface area (Å²) in [6.07, 6.45) is 2.21. The number of nitrogens with zero attached hydrogens (tertiary/aromatic N) is 3. The van der Waals surface area contributed by atoms with Gasteiger partial charge in [0.25, 0.3) is 0 Å². The molecule has 4 nitrogen and oxygen atoms in total. The summed E-state index contributed by atoms with van der Waals surface area (Å²) < 4.78 is 0.827. The third kappa shape index (κ3) is 3.66. The molecule has 1 aromatic rings. The third-order valence-electron chi connectivity index (χ3n) is 3.45. The van der Waals surface area contributed by atoms with Crippen LogP contribution in [0.3, 0.4) is 0 Å². The molecule has 1 fully saturated rings. The lowest BCUT2D eigenvalue weighted by Crippen LogP contribution is -2.37. The van der Waals surface area contributed by atoms with Crippen molar-refractivity contribution >= 4 is 21.7 Å². The van der Waals surface area contributed by atoms with E-state index in [1.807, 2.05) is 6.07 Å². The Kier molecular flexibility index (Phi) is 4.46. The molecule has 0 radical (unpaired) electrons. The van der Waals surface area contributed by atoms with Gasteiger partial charge in [-0.15, -0.1) is 0 Å². The summed E-state index contributed by atoms with van der Waals surface area (Å²) in [5.41, 5.74) is -0.0648. The van der Waals surface area contributed by atoms with Gasteiger partial charge in [0.1, 0.15) is 16.2 Å². The average Bonchev–Trinajstić information content (AvgIpc) is 2.37. The molecular weight excluding hydrogens is 306 g/mol. The van der Waals surface area contributed by atoms with Crippen molar-refractivity contribution in [3.8, 4) is 0 Å². The molecule has 1 atom stereocenters. The highest BCUT2D eigenvalue weighted by atomic mass is 79.9. The van der Waals surface area contributed by atoms with Crippen molar-refractivity contribution in [2.45, 2.75) is 39.0 Å². The molecule has 0 bridgehead atoms. The molecule has 1 aliphatic heterocycles. The van der Waals surface area contributed by atoms with Gasteiger partial charge >= 0.3 is 0 Å². The summed E-state index contributed by atoms with van der Waals surface area (Å²) in [5, 5.41) is 9.33. The van der Waals surface area contributed by atoms with Crippen LogP contribution in [0.1, 0.15) is 39.4 Å². The van der Waals surface area contributed by atoms with E-state index in [2.05, 4.69) is 46.6 Å². The van der Waals surface area contributed by atoms with Crippen molar-refractivity contribution in [2.75, 3.05) is 24.6 Å². The molecule has 1 N–H and O–H groups in total. The monoisotopic (exact) mass is 327 g/mol. The van der Waals surface area contributed by atoms with Crippen LogP contribution in [0.4, 0.5) is 5.82 Å². The molecule has 1 saturated heterocycles. The summed E-state index contributed by atoms with van der Waals surface area (Å²) >= 11 is 3.48. The van der Waals surface area contributed by atoms with Crippen LogP contribution in [-0.4, -0.2) is 34.8 Å². The molecule has 2 heterocycles. The molecule has 2 rings (SSSR count). The summed E-state index contributed by atoms with van der Waals surface area (Å²) in [6, 6.07) is 1.97. The number of piperidine rings is 1. The zero-order chi connectivity index (χ0) is 14.0. The normalized spacial score (nSPS) is 20.7. The van der Waals surface area contributed by atoms with Gasteiger partial charge in [-0.05, 0) is 34.7 Å². The van der Waals surface area contributed by atoms with Gasteiger partial charge in [0.05, 0.1) is 0 Å². The number of rotatable bonds is 2. The van der Waals surface area contributed by atoms with Gasteiger partial charge in [0, 0.05) is 31.2 Å². The molecule has 19 heavy (non-hydrogen) atoms. The Morgan fingerprint density at radius 1 is 1.42 bits per heavy atom. The van der Waals surface area contributed by atoms with Crippen molar-refractivity contribution in [2.24, 2.45) is 5.92 Å². The number of aliphatic hydroxyl groups is 1. The molecular formula is C14H22BrN3O. The van der Waals surface area contributed by atoms with Gasteiger partial charge in [-0.3, -0.25) is 0 Å². The van der Waals surface area contributed by atoms with Gasteiger partial charge in [-0.2, -0.15) is 0 Å². The topological polar surface area (TPSA) is 49.2 Å². The zero-order valence-electron chi connectivity index (χ0n) is 11.9. The van der Waals surface area contributed by atoms with Crippen LogP contribution in [0, 0.1) is 5.92 Å². The molecule has 106 valence electrons. The minimum Gasteiger partial charge on any atom is -0.396 e. The SMILES string of the molecule is CC(C)(C)c1nc(Br)cc(N2CCCC(CO)C2)n1. The predicted molar refractivity (Wildman–Crippen MR) is 80.5 cm³/mol. The van der Waals surface area contributed by atoms with Crippen molar-refractivity contribution in [1.29, 1.82) is 0 Å². The van der Waals surface area contributed by atoms with E-state index >= 15 is 0 Å². The van der Waals surface area contributed by atoms with Gasteiger partial charge < -0.3 is 10.0 Å². The highest BCUT2D eigenvalue weighted by molar-refractivity contribution is 9.10. The van der Waals surface area contributed by atoms with E-state index < -0.39 is 0 Å². The Balaban J connectivity index is 2.26. The van der Waals surface area contributed by atoms with E-state index in [1.165, 1.54) is 0 Å². The molecule has 1 aliphatic rings. The molecule has 0 amide bonds. The summed E-state index contributed by atoms with van der Waals surface area (Å²) in [7, 11) is 0. The quantitative estimate of drug-likeness (QED) is 0.848. The van der Waals surface area contributed by atoms with Crippen LogP contribution in [0.5, 0.6) is 0 Å². The average molecular weight is 328 g/mol. The van der Waals surface area contributed by atoms with Crippen LogP contribution in [0.2, 0.25) is 0 Å². The van der Waals surface area contributed by atoms with Crippen molar-refractivity contribution < 1.29 is 5.11 Å². The zero-order valence-corrected chi connectivity index (χ0v) is 13.4. The maximum atomic E-state index is 9.33. The number of aliphatic hydroxyl groups excluding tert-OH is 1.